The van der Waals surface area contributed by atoms with Crippen LogP contribution in [0, 0.1) is 0 Å². The Hall–Kier alpha value is -1.22. The average Bonchev–Trinajstić information content (AvgIpc) is 2.70. The van der Waals surface area contributed by atoms with Crippen molar-refractivity contribution >= 4 is 42.4 Å². The molecule has 3 rings (SSSR count). The molecule has 1 aliphatic heterocycles. The summed E-state index contributed by atoms with van der Waals surface area (Å²) in [6.45, 7) is 0. The maximum absolute atomic E-state index is 12.6. The summed E-state index contributed by atoms with van der Waals surface area (Å²) in [4.78, 5) is 4.11. The van der Waals surface area contributed by atoms with Crippen LogP contribution in [-0.4, -0.2) is 44.7 Å². The van der Waals surface area contributed by atoms with Gasteiger partial charge in [-0.3, -0.25) is 4.98 Å². The minimum absolute atomic E-state index is 0.0127. The Morgan fingerprint density at radius 1 is 1.18 bits per heavy atom. The van der Waals surface area contributed by atoms with Crippen LogP contribution >= 0.6 is 11.6 Å². The van der Waals surface area contributed by atoms with Crippen molar-refractivity contribution in [3.63, 3.8) is 0 Å². The molecule has 6 nitrogen and oxygen atoms in total. The molecule has 0 saturated carbocycles. The fraction of sp³-hybridized carbons (Fsp3) is 0.308. The van der Waals surface area contributed by atoms with Crippen molar-refractivity contribution in [2.45, 2.75) is 16.3 Å². The predicted octanol–water partition coefficient (Wildman–Crippen LogP) is 0.917. The van der Waals surface area contributed by atoms with E-state index in [0.717, 1.165) is 0 Å². The van der Waals surface area contributed by atoms with E-state index in [-0.39, 0.29) is 16.4 Å². The van der Waals surface area contributed by atoms with Gasteiger partial charge in [0.2, 0.25) is 10.0 Å². The van der Waals surface area contributed by atoms with Crippen LogP contribution in [0.25, 0.3) is 10.9 Å². The highest BCUT2D eigenvalue weighted by Crippen LogP contribution is 2.24. The Labute approximate surface area is 133 Å². The van der Waals surface area contributed by atoms with E-state index in [2.05, 4.69) is 9.71 Å². The lowest BCUT2D eigenvalue weighted by Crippen LogP contribution is -2.40. The maximum Gasteiger partial charge on any atom is 0.243 e. The third-order valence-electron chi connectivity index (χ3n) is 3.47. The Balaban J connectivity index is 1.99. The van der Waals surface area contributed by atoms with Gasteiger partial charge in [0.05, 0.1) is 28.4 Å². The van der Waals surface area contributed by atoms with Crippen LogP contribution in [0.4, 0.5) is 0 Å². The molecular weight excluding hydrogens is 348 g/mol. The number of sulfone groups is 1. The molecule has 1 aromatic heterocycles. The van der Waals surface area contributed by atoms with Crippen molar-refractivity contribution in [3.05, 3.63) is 36.5 Å². The number of para-hydroxylation sites is 1. The molecule has 0 spiro atoms. The number of benzene rings is 1. The molecule has 1 N–H and O–H groups in total. The second-order valence-corrected chi connectivity index (χ2v) is 9.55. The van der Waals surface area contributed by atoms with Gasteiger partial charge in [0.1, 0.15) is 4.90 Å². The summed E-state index contributed by atoms with van der Waals surface area (Å²) >= 11 is 5.95. The third-order valence-corrected chi connectivity index (χ3v) is 7.37. The number of halogens is 1. The quantitative estimate of drug-likeness (QED) is 0.821. The van der Waals surface area contributed by atoms with E-state index in [0.29, 0.717) is 10.9 Å². The van der Waals surface area contributed by atoms with Gasteiger partial charge in [-0.25, -0.2) is 21.6 Å². The maximum atomic E-state index is 12.6. The van der Waals surface area contributed by atoms with Gasteiger partial charge in [0.25, 0.3) is 0 Å². The molecule has 2 aromatic rings. The zero-order valence-electron chi connectivity index (χ0n) is 11.3. The van der Waals surface area contributed by atoms with E-state index in [1.807, 2.05) is 0 Å². The molecule has 0 unspecified atom stereocenters. The molecule has 0 amide bonds. The first-order valence-corrected chi connectivity index (χ1v) is 10.2. The zero-order valence-corrected chi connectivity index (χ0v) is 13.7. The number of rotatable bonds is 3. The lowest BCUT2D eigenvalue weighted by atomic mass is 10.2. The fourth-order valence-electron chi connectivity index (χ4n) is 2.47. The van der Waals surface area contributed by atoms with Gasteiger partial charge in [-0.2, -0.15) is 0 Å². The van der Waals surface area contributed by atoms with Crippen LogP contribution in [0.5, 0.6) is 0 Å². The first-order valence-electron chi connectivity index (χ1n) is 6.49. The van der Waals surface area contributed by atoms with Crippen LogP contribution in [0.15, 0.2) is 41.4 Å². The highest BCUT2D eigenvalue weighted by molar-refractivity contribution is 7.92. The first-order chi connectivity index (χ1) is 10.3. The average molecular weight is 361 g/mol. The van der Waals surface area contributed by atoms with Crippen molar-refractivity contribution in [1.82, 2.24) is 9.71 Å². The summed E-state index contributed by atoms with van der Waals surface area (Å²) in [6, 6.07) is 7.43. The molecule has 1 fully saturated rings. The van der Waals surface area contributed by atoms with Gasteiger partial charge in [-0.15, -0.1) is 11.6 Å². The molecule has 9 heteroatoms. The van der Waals surface area contributed by atoms with Crippen LogP contribution in [0.3, 0.4) is 0 Å². The number of nitrogens with zero attached hydrogens (tertiary/aromatic N) is 1. The Morgan fingerprint density at radius 3 is 2.59 bits per heavy atom. The number of sulfonamides is 1. The summed E-state index contributed by atoms with van der Waals surface area (Å²) in [5, 5.41) is -0.0884. The van der Waals surface area contributed by atoms with Crippen molar-refractivity contribution in [1.29, 1.82) is 0 Å². The summed E-state index contributed by atoms with van der Waals surface area (Å²) in [7, 11) is -7.23. The number of aromatic nitrogens is 1. The van der Waals surface area contributed by atoms with Crippen molar-refractivity contribution < 1.29 is 16.8 Å². The normalized spacial score (nSPS) is 24.6. The number of fused-ring (bicyclic) bond motifs is 1. The molecule has 2 atom stereocenters. The second kappa shape index (κ2) is 5.45. The summed E-state index contributed by atoms with van der Waals surface area (Å²) in [6.07, 6.45) is 1.51. The standard InChI is InChI=1S/C13H13ClN2O4S2/c14-10-7-21(17,18)8-11(10)16-22(19,20)12-5-1-3-9-4-2-6-15-13(9)12/h1-6,10-11,16H,7-8H2/t10-,11-/m0/s1. The smallest absolute Gasteiger partial charge is 0.243 e. The largest absolute Gasteiger partial charge is 0.255 e. The highest BCUT2D eigenvalue weighted by atomic mass is 35.5. The van der Waals surface area contributed by atoms with E-state index < -0.39 is 31.3 Å². The van der Waals surface area contributed by atoms with Crippen LogP contribution < -0.4 is 4.72 Å². The van der Waals surface area contributed by atoms with E-state index in [1.165, 1.54) is 12.3 Å². The minimum atomic E-state index is -3.91. The van der Waals surface area contributed by atoms with Gasteiger partial charge in [-0.1, -0.05) is 18.2 Å². The molecule has 2 heterocycles. The van der Waals surface area contributed by atoms with Crippen molar-refractivity contribution in [3.8, 4) is 0 Å². The number of nitrogens with one attached hydrogen (secondary N) is 1. The fourth-order valence-corrected chi connectivity index (χ4v) is 6.65. The lowest BCUT2D eigenvalue weighted by Gasteiger charge is -2.15. The van der Waals surface area contributed by atoms with Gasteiger partial charge >= 0.3 is 0 Å². The zero-order chi connectivity index (χ0) is 16.0. The monoisotopic (exact) mass is 360 g/mol. The lowest BCUT2D eigenvalue weighted by molar-refractivity contribution is 0.564. The minimum Gasteiger partial charge on any atom is -0.255 e. The van der Waals surface area contributed by atoms with E-state index in [4.69, 9.17) is 11.6 Å². The molecule has 0 aliphatic carbocycles. The van der Waals surface area contributed by atoms with Gasteiger partial charge < -0.3 is 0 Å². The van der Waals surface area contributed by atoms with Crippen molar-refractivity contribution in [2.75, 3.05) is 11.5 Å². The molecular formula is C13H13ClN2O4S2. The second-order valence-electron chi connectivity index (χ2n) is 5.15. The van der Waals surface area contributed by atoms with E-state index >= 15 is 0 Å². The van der Waals surface area contributed by atoms with Crippen molar-refractivity contribution in [2.24, 2.45) is 0 Å². The van der Waals surface area contributed by atoms with Gasteiger partial charge in [-0.05, 0) is 12.1 Å². The number of hydrogen-bond donors (Lipinski definition) is 1. The van der Waals surface area contributed by atoms with Crippen LogP contribution in [0.2, 0.25) is 0 Å². The van der Waals surface area contributed by atoms with Gasteiger partial charge in [0, 0.05) is 11.6 Å². The Bertz CT molecular complexity index is 923. The number of hydrogen-bond acceptors (Lipinski definition) is 5. The van der Waals surface area contributed by atoms with E-state index in [9.17, 15) is 16.8 Å². The predicted molar refractivity (Wildman–Crippen MR) is 84.1 cm³/mol. The topological polar surface area (TPSA) is 93.2 Å². The Morgan fingerprint density at radius 2 is 1.91 bits per heavy atom. The first kappa shape index (κ1) is 15.7. The van der Waals surface area contributed by atoms with Crippen LogP contribution in [-0.2, 0) is 19.9 Å². The SMILES string of the molecule is O=S1(=O)C[C@H](NS(=O)(=O)c2cccc3cccnc23)[C@@H](Cl)C1. The molecule has 0 radical (unpaired) electrons. The van der Waals surface area contributed by atoms with Gasteiger partial charge in [0.15, 0.2) is 9.84 Å². The summed E-state index contributed by atoms with van der Waals surface area (Å²) < 4.78 is 50.6. The molecule has 1 aromatic carbocycles. The molecule has 22 heavy (non-hydrogen) atoms. The van der Waals surface area contributed by atoms with Crippen LogP contribution in [0.1, 0.15) is 0 Å². The molecule has 118 valence electrons. The molecule has 1 aliphatic rings. The third kappa shape index (κ3) is 2.96. The van der Waals surface area contributed by atoms with E-state index in [1.54, 1.807) is 24.3 Å². The summed E-state index contributed by atoms with van der Waals surface area (Å²) in [5.41, 5.74) is 0.337. The number of alkyl halides is 1. The molecule has 0 bridgehead atoms. The summed E-state index contributed by atoms with van der Waals surface area (Å²) in [5.74, 6) is -0.520. The molecule has 1 saturated heterocycles. The number of pyridine rings is 1. The highest BCUT2D eigenvalue weighted by Gasteiger charge is 2.39. The Kier molecular flexibility index (Phi) is 3.88.